The van der Waals surface area contributed by atoms with Gasteiger partial charge in [0, 0.05) is 26.3 Å². The molecular formula is C11H19N3O4. The van der Waals surface area contributed by atoms with Crippen LogP contribution in [0.4, 0.5) is 0 Å². The smallest absolute Gasteiger partial charge is 0.321 e. The van der Waals surface area contributed by atoms with Gasteiger partial charge >= 0.3 is 5.97 Å². The van der Waals surface area contributed by atoms with E-state index in [1.54, 1.807) is 13.3 Å². The molecule has 0 fully saturated rings. The third kappa shape index (κ3) is 5.76. The van der Waals surface area contributed by atoms with Crippen molar-refractivity contribution in [1.29, 1.82) is 0 Å². The number of methoxy groups -OCH3 is 1. The van der Waals surface area contributed by atoms with Gasteiger partial charge in [-0.05, 0) is 0 Å². The highest BCUT2D eigenvalue weighted by molar-refractivity contribution is 5.73. The number of imidazole rings is 1. The first kappa shape index (κ1) is 14.6. The van der Waals surface area contributed by atoms with Gasteiger partial charge in [-0.2, -0.15) is 0 Å². The quantitative estimate of drug-likeness (QED) is 0.496. The monoisotopic (exact) mass is 257 g/mol. The second-order valence-corrected chi connectivity index (χ2v) is 3.71. The molecule has 0 amide bonds. The minimum Gasteiger partial charge on any atom is -0.480 e. The minimum atomic E-state index is -0.894. The van der Waals surface area contributed by atoms with E-state index < -0.39 is 12.0 Å². The molecular weight excluding hydrogens is 238 g/mol. The molecule has 0 radical (unpaired) electrons. The maximum atomic E-state index is 11.0. The maximum Gasteiger partial charge on any atom is 0.321 e. The molecule has 0 aliphatic rings. The van der Waals surface area contributed by atoms with Gasteiger partial charge < -0.3 is 24.9 Å². The molecule has 1 aromatic heterocycles. The number of hydrogen-bond donors (Lipinski definition) is 3. The van der Waals surface area contributed by atoms with Crippen molar-refractivity contribution in [2.24, 2.45) is 0 Å². The predicted molar refractivity (Wildman–Crippen MR) is 64.4 cm³/mol. The van der Waals surface area contributed by atoms with Crippen LogP contribution in [0.1, 0.15) is 5.69 Å². The molecule has 0 bridgehead atoms. The first-order chi connectivity index (χ1) is 8.74. The molecule has 102 valence electrons. The molecule has 0 saturated heterocycles. The molecule has 7 heteroatoms. The minimum absolute atomic E-state index is 0.344. The Labute approximate surface area is 106 Å². The van der Waals surface area contributed by atoms with Crippen molar-refractivity contribution in [2.75, 3.05) is 33.5 Å². The zero-order valence-electron chi connectivity index (χ0n) is 10.4. The Morgan fingerprint density at radius 3 is 3.00 bits per heavy atom. The number of nitrogens with zero attached hydrogens (tertiary/aromatic N) is 1. The van der Waals surface area contributed by atoms with E-state index in [1.165, 1.54) is 6.33 Å². The molecule has 1 aromatic rings. The predicted octanol–water partition coefficient (Wildman–Crippen LogP) is -0.342. The van der Waals surface area contributed by atoms with Crippen molar-refractivity contribution >= 4 is 5.97 Å². The Morgan fingerprint density at radius 2 is 2.39 bits per heavy atom. The van der Waals surface area contributed by atoms with Crippen LogP contribution < -0.4 is 5.32 Å². The summed E-state index contributed by atoms with van der Waals surface area (Å²) in [6, 6.07) is -0.653. The van der Waals surface area contributed by atoms with Gasteiger partial charge in [-0.1, -0.05) is 0 Å². The normalized spacial score (nSPS) is 12.5. The van der Waals surface area contributed by atoms with Crippen molar-refractivity contribution in [1.82, 2.24) is 15.3 Å². The van der Waals surface area contributed by atoms with Gasteiger partial charge in [-0.25, -0.2) is 4.98 Å². The van der Waals surface area contributed by atoms with Gasteiger partial charge in [0.15, 0.2) is 0 Å². The number of carbonyl (C=O) groups is 1. The van der Waals surface area contributed by atoms with Gasteiger partial charge in [0.05, 0.1) is 31.8 Å². The summed E-state index contributed by atoms with van der Waals surface area (Å²) >= 11 is 0. The van der Waals surface area contributed by atoms with Gasteiger partial charge in [-0.3, -0.25) is 4.79 Å². The molecule has 0 aliphatic carbocycles. The molecule has 1 rings (SSSR count). The van der Waals surface area contributed by atoms with E-state index in [0.717, 1.165) is 5.69 Å². The van der Waals surface area contributed by atoms with Crippen molar-refractivity contribution < 1.29 is 19.4 Å². The van der Waals surface area contributed by atoms with E-state index in [-0.39, 0.29) is 0 Å². The molecule has 0 saturated carbocycles. The van der Waals surface area contributed by atoms with E-state index >= 15 is 0 Å². The molecule has 0 spiro atoms. The largest absolute Gasteiger partial charge is 0.480 e. The lowest BCUT2D eigenvalue weighted by Crippen LogP contribution is -2.40. The molecule has 0 aromatic carbocycles. The zero-order valence-corrected chi connectivity index (χ0v) is 10.4. The fourth-order valence-electron chi connectivity index (χ4n) is 1.41. The number of rotatable bonds is 10. The Bertz CT molecular complexity index is 329. The average molecular weight is 257 g/mol. The number of aromatic nitrogens is 2. The molecule has 18 heavy (non-hydrogen) atoms. The van der Waals surface area contributed by atoms with Crippen LogP contribution in [0.25, 0.3) is 0 Å². The Balaban J connectivity index is 2.20. The Morgan fingerprint density at radius 1 is 1.56 bits per heavy atom. The SMILES string of the molecule is COCCOCCNC(Cc1c[nH]cn1)C(=O)O. The Hall–Kier alpha value is -1.44. The van der Waals surface area contributed by atoms with Crippen LogP contribution in [0.5, 0.6) is 0 Å². The van der Waals surface area contributed by atoms with Crippen LogP contribution in [0.2, 0.25) is 0 Å². The first-order valence-electron chi connectivity index (χ1n) is 5.74. The molecule has 1 heterocycles. The lowest BCUT2D eigenvalue weighted by Gasteiger charge is -2.13. The van der Waals surface area contributed by atoms with Crippen LogP contribution in [-0.4, -0.2) is 60.6 Å². The number of carboxylic acid groups (broad SMARTS) is 1. The molecule has 7 nitrogen and oxygen atoms in total. The lowest BCUT2D eigenvalue weighted by atomic mass is 10.1. The Kier molecular flexibility index (Phi) is 7.00. The fourth-order valence-corrected chi connectivity index (χ4v) is 1.41. The van der Waals surface area contributed by atoms with Crippen molar-refractivity contribution in [2.45, 2.75) is 12.5 Å². The number of carboxylic acids is 1. The van der Waals surface area contributed by atoms with Gasteiger partial charge in [-0.15, -0.1) is 0 Å². The highest BCUT2D eigenvalue weighted by Crippen LogP contribution is 1.98. The van der Waals surface area contributed by atoms with Crippen LogP contribution in [0.3, 0.4) is 0 Å². The van der Waals surface area contributed by atoms with Crippen LogP contribution in [-0.2, 0) is 20.7 Å². The number of nitrogens with one attached hydrogen (secondary N) is 2. The van der Waals surface area contributed by atoms with Gasteiger partial charge in [0.2, 0.25) is 0 Å². The molecule has 0 aliphatic heterocycles. The summed E-state index contributed by atoms with van der Waals surface area (Å²) < 4.78 is 10.1. The number of ether oxygens (including phenoxy) is 2. The summed E-state index contributed by atoms with van der Waals surface area (Å²) in [5, 5.41) is 12.0. The zero-order chi connectivity index (χ0) is 13.2. The molecule has 3 N–H and O–H groups in total. The molecule has 1 atom stereocenters. The number of aliphatic carboxylic acids is 1. The number of aromatic amines is 1. The van der Waals surface area contributed by atoms with Crippen LogP contribution >= 0.6 is 0 Å². The second kappa shape index (κ2) is 8.62. The van der Waals surface area contributed by atoms with Gasteiger partial charge in [0.25, 0.3) is 0 Å². The van der Waals surface area contributed by atoms with Crippen LogP contribution in [0, 0.1) is 0 Å². The van der Waals surface area contributed by atoms with E-state index in [1.807, 2.05) is 0 Å². The number of hydrogen-bond acceptors (Lipinski definition) is 5. The third-order valence-electron chi connectivity index (χ3n) is 2.34. The fraction of sp³-hybridized carbons (Fsp3) is 0.636. The number of H-pyrrole nitrogens is 1. The van der Waals surface area contributed by atoms with E-state index in [4.69, 9.17) is 14.6 Å². The summed E-state index contributed by atoms with van der Waals surface area (Å²) in [5.41, 5.74) is 0.718. The molecule has 1 unspecified atom stereocenters. The topological polar surface area (TPSA) is 96.5 Å². The third-order valence-corrected chi connectivity index (χ3v) is 2.34. The summed E-state index contributed by atoms with van der Waals surface area (Å²) in [4.78, 5) is 17.8. The van der Waals surface area contributed by atoms with E-state index in [9.17, 15) is 4.79 Å². The summed E-state index contributed by atoms with van der Waals surface area (Å²) in [7, 11) is 1.60. The highest BCUT2D eigenvalue weighted by atomic mass is 16.5. The van der Waals surface area contributed by atoms with E-state index in [2.05, 4.69) is 15.3 Å². The summed E-state index contributed by atoms with van der Waals surface area (Å²) in [5.74, 6) is -0.894. The second-order valence-electron chi connectivity index (χ2n) is 3.71. The van der Waals surface area contributed by atoms with Crippen LogP contribution in [0.15, 0.2) is 12.5 Å². The highest BCUT2D eigenvalue weighted by Gasteiger charge is 2.17. The summed E-state index contributed by atoms with van der Waals surface area (Å²) in [6.07, 6.45) is 3.56. The van der Waals surface area contributed by atoms with E-state index in [0.29, 0.717) is 32.8 Å². The van der Waals surface area contributed by atoms with Crippen molar-refractivity contribution in [3.05, 3.63) is 18.2 Å². The maximum absolute atomic E-state index is 11.0. The van der Waals surface area contributed by atoms with Crippen molar-refractivity contribution in [3.63, 3.8) is 0 Å². The lowest BCUT2D eigenvalue weighted by molar-refractivity contribution is -0.139. The van der Waals surface area contributed by atoms with Gasteiger partial charge in [0.1, 0.15) is 6.04 Å². The average Bonchev–Trinajstić information content (AvgIpc) is 2.84. The first-order valence-corrected chi connectivity index (χ1v) is 5.74. The van der Waals surface area contributed by atoms with Crippen molar-refractivity contribution in [3.8, 4) is 0 Å². The standard InChI is InChI=1S/C11H19N3O4/c1-17-4-5-18-3-2-13-10(11(15)16)6-9-7-12-8-14-9/h7-8,10,13H,2-6H2,1H3,(H,12,14)(H,15,16). The summed E-state index contributed by atoms with van der Waals surface area (Å²) in [6.45, 7) is 1.98.